The molecule has 0 atom stereocenters. The van der Waals surface area contributed by atoms with Crippen molar-refractivity contribution in [3.8, 4) is 11.1 Å². The number of rotatable bonds is 2. The third-order valence-corrected chi connectivity index (χ3v) is 5.77. The number of hydrogen-bond donors (Lipinski definition) is 0. The molecule has 124 valence electrons. The van der Waals surface area contributed by atoms with Crippen molar-refractivity contribution in [1.82, 2.24) is 0 Å². The minimum Gasteiger partial charge on any atom is -0.0840 e. The van der Waals surface area contributed by atoms with Gasteiger partial charge in [-0.1, -0.05) is 109 Å². The molecular weight excluding hydrogens is 336 g/mol. The predicted octanol–water partition coefficient (Wildman–Crippen LogP) is 6.70. The van der Waals surface area contributed by atoms with E-state index in [1.165, 1.54) is 27.8 Å². The summed E-state index contributed by atoms with van der Waals surface area (Å²) in [7, 11) is 0. The fraction of sp³-hybridized carbons (Fsp3) is 0.0400. The third-order valence-electron chi connectivity index (χ3n) is 5.44. The molecule has 26 heavy (non-hydrogen) atoms. The lowest BCUT2D eigenvalue weighted by Gasteiger charge is -2.34. The lowest BCUT2D eigenvalue weighted by atomic mass is 9.68. The Balaban J connectivity index is 2.00. The molecule has 1 aliphatic carbocycles. The van der Waals surface area contributed by atoms with E-state index in [1.807, 2.05) is 12.1 Å². The molecule has 1 aliphatic rings. The van der Waals surface area contributed by atoms with Gasteiger partial charge in [0.25, 0.3) is 0 Å². The lowest BCUT2D eigenvalue weighted by Crippen LogP contribution is -2.28. The molecule has 0 amide bonds. The molecule has 0 heterocycles. The SMILES string of the molecule is Clc1ccccc1C1(c2ccccc2)c2ccccc2-c2ccccc21. The molecule has 0 fully saturated rings. The van der Waals surface area contributed by atoms with Crippen molar-refractivity contribution in [3.05, 3.63) is 130 Å². The largest absolute Gasteiger partial charge is 0.0840 e. The average Bonchev–Trinajstić information content (AvgIpc) is 3.01. The normalized spacial score (nSPS) is 13.9. The van der Waals surface area contributed by atoms with E-state index >= 15 is 0 Å². The fourth-order valence-electron chi connectivity index (χ4n) is 4.45. The molecule has 0 radical (unpaired) electrons. The first kappa shape index (κ1) is 15.4. The van der Waals surface area contributed by atoms with Crippen molar-refractivity contribution >= 4 is 11.6 Å². The van der Waals surface area contributed by atoms with Crippen LogP contribution < -0.4 is 0 Å². The van der Waals surface area contributed by atoms with Crippen molar-refractivity contribution in [1.29, 1.82) is 0 Å². The molecule has 0 saturated heterocycles. The standard InChI is InChI=1S/C25H17Cl/c26-24-17-9-8-16-23(24)25(18-10-2-1-3-11-18)21-14-6-4-12-19(21)20-13-5-7-15-22(20)25/h1-17H. The van der Waals surface area contributed by atoms with Gasteiger partial charge in [-0.15, -0.1) is 0 Å². The van der Waals surface area contributed by atoms with E-state index in [0.29, 0.717) is 0 Å². The number of halogens is 1. The van der Waals surface area contributed by atoms with Crippen LogP contribution >= 0.6 is 11.6 Å². The smallest absolute Gasteiger partial charge is 0.0727 e. The summed E-state index contributed by atoms with van der Waals surface area (Å²) in [6, 6.07) is 36.3. The Morgan fingerprint density at radius 3 is 1.50 bits per heavy atom. The summed E-state index contributed by atoms with van der Waals surface area (Å²) in [5, 5.41) is 0.794. The summed E-state index contributed by atoms with van der Waals surface area (Å²) in [5.74, 6) is 0. The molecule has 0 aromatic heterocycles. The van der Waals surface area contributed by atoms with Crippen LogP contribution in [0.2, 0.25) is 5.02 Å². The van der Waals surface area contributed by atoms with E-state index in [4.69, 9.17) is 11.6 Å². The average molecular weight is 353 g/mol. The molecule has 5 rings (SSSR count). The van der Waals surface area contributed by atoms with Crippen LogP contribution in [0.3, 0.4) is 0 Å². The number of hydrogen-bond acceptors (Lipinski definition) is 0. The Morgan fingerprint density at radius 2 is 0.923 bits per heavy atom. The van der Waals surface area contributed by atoms with Gasteiger partial charge < -0.3 is 0 Å². The highest BCUT2D eigenvalue weighted by atomic mass is 35.5. The van der Waals surface area contributed by atoms with Gasteiger partial charge in [0, 0.05) is 5.02 Å². The molecule has 4 aromatic carbocycles. The highest BCUT2D eigenvalue weighted by molar-refractivity contribution is 6.31. The van der Waals surface area contributed by atoms with E-state index in [-0.39, 0.29) is 0 Å². The summed E-state index contributed by atoms with van der Waals surface area (Å²) in [6.07, 6.45) is 0. The topological polar surface area (TPSA) is 0 Å². The van der Waals surface area contributed by atoms with E-state index < -0.39 is 5.41 Å². The molecule has 0 aliphatic heterocycles. The van der Waals surface area contributed by atoms with Crippen LogP contribution in [-0.2, 0) is 5.41 Å². The molecule has 0 saturated carbocycles. The molecule has 0 spiro atoms. The Kier molecular flexibility index (Phi) is 3.48. The first-order chi connectivity index (χ1) is 12.8. The van der Waals surface area contributed by atoms with Crippen LogP contribution in [0.15, 0.2) is 103 Å². The molecule has 0 nitrogen and oxygen atoms in total. The minimum absolute atomic E-state index is 0.396. The van der Waals surface area contributed by atoms with E-state index in [9.17, 15) is 0 Å². The second-order valence-corrected chi connectivity index (χ2v) is 7.09. The Bertz CT molecular complexity index is 1050. The quantitative estimate of drug-likeness (QED) is 0.331. The second-order valence-electron chi connectivity index (χ2n) is 6.69. The molecule has 1 heteroatoms. The van der Waals surface area contributed by atoms with Crippen molar-refractivity contribution in [2.75, 3.05) is 0 Å². The third kappa shape index (κ3) is 1.97. The van der Waals surface area contributed by atoms with Crippen LogP contribution in [0.1, 0.15) is 22.3 Å². The van der Waals surface area contributed by atoms with E-state index in [2.05, 4.69) is 91.0 Å². The highest BCUT2D eigenvalue weighted by Crippen LogP contribution is 2.56. The zero-order valence-electron chi connectivity index (χ0n) is 14.2. The zero-order valence-corrected chi connectivity index (χ0v) is 14.9. The monoisotopic (exact) mass is 352 g/mol. The zero-order chi connectivity index (χ0) is 17.6. The van der Waals surface area contributed by atoms with Crippen LogP contribution in [0.5, 0.6) is 0 Å². The summed E-state index contributed by atoms with van der Waals surface area (Å²) < 4.78 is 0. The van der Waals surface area contributed by atoms with Crippen LogP contribution in [0, 0.1) is 0 Å². The van der Waals surface area contributed by atoms with Crippen LogP contribution in [-0.4, -0.2) is 0 Å². The maximum atomic E-state index is 6.78. The predicted molar refractivity (Wildman–Crippen MR) is 109 cm³/mol. The van der Waals surface area contributed by atoms with Gasteiger partial charge in [0.1, 0.15) is 0 Å². The van der Waals surface area contributed by atoms with Crippen molar-refractivity contribution < 1.29 is 0 Å². The van der Waals surface area contributed by atoms with Gasteiger partial charge in [-0.2, -0.15) is 0 Å². The van der Waals surface area contributed by atoms with Crippen LogP contribution in [0.25, 0.3) is 11.1 Å². The minimum atomic E-state index is -0.396. The Labute approximate surface area is 158 Å². The van der Waals surface area contributed by atoms with Gasteiger partial charge in [0.15, 0.2) is 0 Å². The maximum absolute atomic E-state index is 6.78. The van der Waals surface area contributed by atoms with Crippen LogP contribution in [0.4, 0.5) is 0 Å². The van der Waals surface area contributed by atoms with Gasteiger partial charge >= 0.3 is 0 Å². The molecule has 4 aromatic rings. The summed E-state index contributed by atoms with van der Waals surface area (Å²) in [4.78, 5) is 0. The van der Waals surface area contributed by atoms with Crippen molar-refractivity contribution in [3.63, 3.8) is 0 Å². The molecular formula is C25H17Cl. The van der Waals surface area contributed by atoms with Gasteiger partial charge in [-0.25, -0.2) is 0 Å². The van der Waals surface area contributed by atoms with Gasteiger partial charge in [0.2, 0.25) is 0 Å². The number of fused-ring (bicyclic) bond motifs is 3. The lowest BCUT2D eigenvalue weighted by molar-refractivity contribution is 0.769. The highest BCUT2D eigenvalue weighted by Gasteiger charge is 2.46. The maximum Gasteiger partial charge on any atom is 0.0727 e. The molecule has 0 N–H and O–H groups in total. The summed E-state index contributed by atoms with van der Waals surface area (Å²) >= 11 is 6.78. The van der Waals surface area contributed by atoms with E-state index in [1.54, 1.807) is 0 Å². The first-order valence-electron chi connectivity index (χ1n) is 8.83. The second kappa shape index (κ2) is 5.86. The number of benzene rings is 4. The Morgan fingerprint density at radius 1 is 0.462 bits per heavy atom. The first-order valence-corrected chi connectivity index (χ1v) is 9.21. The summed E-state index contributed by atoms with van der Waals surface area (Å²) in [5.41, 5.74) is 7.13. The Hall–Kier alpha value is -2.83. The van der Waals surface area contributed by atoms with Gasteiger partial charge in [0.05, 0.1) is 5.41 Å². The van der Waals surface area contributed by atoms with Gasteiger partial charge in [-0.05, 0) is 39.4 Å². The van der Waals surface area contributed by atoms with Crippen molar-refractivity contribution in [2.45, 2.75) is 5.41 Å². The molecule has 0 unspecified atom stereocenters. The van der Waals surface area contributed by atoms with Gasteiger partial charge in [-0.3, -0.25) is 0 Å². The van der Waals surface area contributed by atoms with E-state index in [0.717, 1.165) is 10.6 Å². The summed E-state index contributed by atoms with van der Waals surface area (Å²) in [6.45, 7) is 0. The van der Waals surface area contributed by atoms with Crippen molar-refractivity contribution in [2.24, 2.45) is 0 Å². The fourth-order valence-corrected chi connectivity index (χ4v) is 4.72. The molecule has 0 bridgehead atoms.